The molecule has 0 saturated carbocycles. The molecule has 0 bridgehead atoms. The third-order valence-corrected chi connectivity index (χ3v) is 8.19. The highest BCUT2D eigenvalue weighted by atomic mass is 16.6. The molecule has 4 heterocycles. The van der Waals surface area contributed by atoms with Gasteiger partial charge in [0.2, 0.25) is 0 Å². The molecule has 280 valence electrons. The predicted octanol–water partition coefficient (Wildman–Crippen LogP) is 6.25. The molecule has 1 aliphatic heterocycles. The summed E-state index contributed by atoms with van der Waals surface area (Å²) in [6, 6.07) is 7.83. The number of rotatable bonds is 2. The second kappa shape index (κ2) is 15.4. The molecular weight excluding hydrogens is 664 g/mol. The highest BCUT2D eigenvalue weighted by Gasteiger charge is 2.30. The van der Waals surface area contributed by atoms with Crippen molar-refractivity contribution >= 4 is 51.1 Å². The Bertz CT molecular complexity index is 1840. The minimum absolute atomic E-state index is 0.180. The average Bonchev–Trinajstić information content (AvgIpc) is 3.03. The fourth-order valence-corrected chi connectivity index (χ4v) is 5.85. The van der Waals surface area contributed by atoms with E-state index in [0.29, 0.717) is 32.7 Å². The smallest absolute Gasteiger partial charge is 0.410 e. The van der Waals surface area contributed by atoms with Crippen molar-refractivity contribution in [2.24, 2.45) is 0 Å². The molecule has 1 fully saturated rings. The molecule has 0 N–H and O–H groups in total. The number of carbonyl (C=O) groups is 3. The molecule has 0 aliphatic carbocycles. The molecule has 14 nitrogen and oxygen atoms in total. The van der Waals surface area contributed by atoms with E-state index in [4.69, 9.17) is 19.2 Å². The van der Waals surface area contributed by atoms with Gasteiger partial charge >= 0.3 is 18.3 Å². The highest BCUT2D eigenvalue weighted by Crippen LogP contribution is 2.30. The van der Waals surface area contributed by atoms with Gasteiger partial charge in [-0.2, -0.15) is 0 Å². The molecule has 4 aromatic rings. The molecule has 0 unspecified atom stereocenters. The number of carbonyl (C=O) groups excluding carboxylic acids is 3. The van der Waals surface area contributed by atoms with Crippen molar-refractivity contribution in [1.29, 1.82) is 0 Å². The summed E-state index contributed by atoms with van der Waals surface area (Å²) >= 11 is 0. The third kappa shape index (κ3) is 10.1. The van der Waals surface area contributed by atoms with Gasteiger partial charge in [-0.3, -0.25) is 19.9 Å². The molecule has 0 radical (unpaired) electrons. The van der Waals surface area contributed by atoms with Crippen LogP contribution >= 0.6 is 0 Å². The van der Waals surface area contributed by atoms with Crippen molar-refractivity contribution < 1.29 is 28.6 Å². The second-order valence-electron chi connectivity index (χ2n) is 16.0. The van der Waals surface area contributed by atoms with Crippen LogP contribution in [0.15, 0.2) is 42.9 Å². The first kappa shape index (κ1) is 38.4. The van der Waals surface area contributed by atoms with Crippen LogP contribution in [0.4, 0.5) is 14.4 Å². The number of hydrogen-bond donors (Lipinski definition) is 0. The lowest BCUT2D eigenvalue weighted by molar-refractivity contribution is 0.00447. The van der Waals surface area contributed by atoms with Gasteiger partial charge in [0.05, 0.1) is 27.8 Å². The van der Waals surface area contributed by atoms with E-state index in [1.807, 2.05) is 65.8 Å². The number of fused-ring (bicyclic) bond motifs is 6. The van der Waals surface area contributed by atoms with Crippen molar-refractivity contribution in [3.63, 3.8) is 0 Å². The van der Waals surface area contributed by atoms with Crippen LogP contribution in [-0.4, -0.2) is 127 Å². The average molecular weight is 717 g/mol. The zero-order valence-electron chi connectivity index (χ0n) is 31.9. The number of benzene rings is 1. The van der Waals surface area contributed by atoms with E-state index in [1.54, 1.807) is 49.2 Å². The van der Waals surface area contributed by atoms with E-state index in [2.05, 4.69) is 19.9 Å². The lowest BCUT2D eigenvalue weighted by atomic mass is 10.1. The first-order valence-electron chi connectivity index (χ1n) is 17.8. The Kier molecular flexibility index (Phi) is 11.4. The molecule has 3 amide bonds. The van der Waals surface area contributed by atoms with Gasteiger partial charge in [-0.25, -0.2) is 19.4 Å². The highest BCUT2D eigenvalue weighted by molar-refractivity contribution is 6.20. The van der Waals surface area contributed by atoms with Crippen LogP contribution in [0.25, 0.3) is 32.8 Å². The van der Waals surface area contributed by atoms with Gasteiger partial charge < -0.3 is 28.9 Å². The number of pyridine rings is 2. The van der Waals surface area contributed by atoms with Gasteiger partial charge in [0.25, 0.3) is 0 Å². The van der Waals surface area contributed by atoms with Crippen LogP contribution < -0.4 is 0 Å². The first-order chi connectivity index (χ1) is 24.4. The van der Waals surface area contributed by atoms with Gasteiger partial charge in [-0.1, -0.05) is 0 Å². The molecule has 1 saturated heterocycles. The molecule has 1 aliphatic rings. The summed E-state index contributed by atoms with van der Waals surface area (Å²) < 4.78 is 17.3. The van der Waals surface area contributed by atoms with E-state index in [1.165, 1.54) is 4.90 Å². The second-order valence-corrected chi connectivity index (χ2v) is 16.0. The normalized spacial score (nSPS) is 16.1. The van der Waals surface area contributed by atoms with Crippen LogP contribution in [0.3, 0.4) is 0 Å². The predicted molar refractivity (Wildman–Crippen MR) is 199 cm³/mol. The maximum atomic E-state index is 13.5. The zero-order valence-corrected chi connectivity index (χ0v) is 31.9. The number of amides is 3. The summed E-state index contributed by atoms with van der Waals surface area (Å²) in [5.41, 5.74) is 1.63. The van der Waals surface area contributed by atoms with Crippen LogP contribution in [0.2, 0.25) is 0 Å². The monoisotopic (exact) mass is 716 g/mol. The molecule has 5 rings (SSSR count). The van der Waals surface area contributed by atoms with E-state index >= 15 is 0 Å². The summed E-state index contributed by atoms with van der Waals surface area (Å²) in [5, 5.41) is 1.73. The summed E-state index contributed by atoms with van der Waals surface area (Å²) in [7, 11) is 0. The lowest BCUT2D eigenvalue weighted by Gasteiger charge is -2.35. The summed E-state index contributed by atoms with van der Waals surface area (Å²) in [4.78, 5) is 66.3. The molecule has 0 spiro atoms. The number of aromatic nitrogens is 4. The van der Waals surface area contributed by atoms with Crippen LogP contribution in [0.1, 0.15) is 68.0 Å². The van der Waals surface area contributed by atoms with Gasteiger partial charge in [0.15, 0.2) is 0 Å². The standard InChI is InChI=1S/C38H52N8O6/c1-36(2,3)50-33(47)44-19-17-43(18-20-45(34(48)51-37(4,5)6)22-24-46(23-21-44)35(49)52-38(7,8)9)25-26-12-13-28-30-29(40-15-16-41-30)27-11-10-14-39-31(27)32(28)42-26/h10-16H,17-25H2,1-9H3. The van der Waals surface area contributed by atoms with Gasteiger partial charge in [-0.05, 0) is 86.6 Å². The van der Waals surface area contributed by atoms with Gasteiger partial charge in [0.1, 0.15) is 16.8 Å². The Hall–Kier alpha value is -4.85. The quantitative estimate of drug-likeness (QED) is 0.172. The largest absolute Gasteiger partial charge is 0.444 e. The fraction of sp³-hybridized carbons (Fsp3) is 0.553. The van der Waals surface area contributed by atoms with Crippen molar-refractivity contribution in [2.75, 3.05) is 52.4 Å². The molecule has 0 atom stereocenters. The SMILES string of the molecule is CC(C)(C)OC(=O)N1CCN(Cc2ccc3c4nccnc4c4cccnc4c3n2)CCN(C(=O)OC(C)(C)C)CCN(C(=O)OC(C)(C)C)CC1. The molecule has 52 heavy (non-hydrogen) atoms. The fourth-order valence-electron chi connectivity index (χ4n) is 5.85. The Labute approximate surface area is 305 Å². The molecule has 1 aromatic carbocycles. The molecule has 3 aromatic heterocycles. The maximum Gasteiger partial charge on any atom is 0.410 e. The number of nitrogens with zero attached hydrogens (tertiary/aromatic N) is 8. The maximum absolute atomic E-state index is 13.5. The van der Waals surface area contributed by atoms with E-state index in [9.17, 15) is 14.4 Å². The third-order valence-electron chi connectivity index (χ3n) is 8.19. The Morgan fingerprint density at radius 2 is 0.923 bits per heavy atom. The summed E-state index contributed by atoms with van der Waals surface area (Å²) in [6.45, 7) is 19.0. The summed E-state index contributed by atoms with van der Waals surface area (Å²) in [5.74, 6) is 0. The number of ether oxygens (including phenoxy) is 3. The Balaban J connectivity index is 1.48. The number of hydrogen-bond acceptors (Lipinski definition) is 11. The first-order valence-corrected chi connectivity index (χ1v) is 17.8. The van der Waals surface area contributed by atoms with Crippen LogP contribution in [-0.2, 0) is 20.8 Å². The minimum Gasteiger partial charge on any atom is -0.444 e. The van der Waals surface area contributed by atoms with Crippen LogP contribution in [0.5, 0.6) is 0 Å². The molecular formula is C38H52N8O6. The van der Waals surface area contributed by atoms with Gasteiger partial charge in [0, 0.05) is 88.3 Å². The van der Waals surface area contributed by atoms with E-state index < -0.39 is 35.1 Å². The van der Waals surface area contributed by atoms with Gasteiger partial charge in [-0.15, -0.1) is 0 Å². The Morgan fingerprint density at radius 3 is 1.37 bits per heavy atom. The van der Waals surface area contributed by atoms with Crippen molar-refractivity contribution in [3.05, 3.63) is 48.5 Å². The van der Waals surface area contributed by atoms with E-state index in [-0.39, 0.29) is 26.2 Å². The van der Waals surface area contributed by atoms with Crippen LogP contribution in [0, 0.1) is 0 Å². The minimum atomic E-state index is -0.726. The van der Waals surface area contributed by atoms with E-state index in [0.717, 1.165) is 38.5 Å². The van der Waals surface area contributed by atoms with Crippen molar-refractivity contribution in [2.45, 2.75) is 85.7 Å². The molecule has 14 heteroatoms. The zero-order chi connectivity index (χ0) is 37.8. The topological polar surface area (TPSA) is 143 Å². The van der Waals surface area contributed by atoms with Crippen molar-refractivity contribution in [1.82, 2.24) is 39.5 Å². The summed E-state index contributed by atoms with van der Waals surface area (Å²) in [6.07, 6.45) is 3.62. The lowest BCUT2D eigenvalue weighted by Crippen LogP contribution is -2.51. The Morgan fingerprint density at radius 1 is 0.538 bits per heavy atom. The van der Waals surface area contributed by atoms with Crippen molar-refractivity contribution in [3.8, 4) is 0 Å².